The summed E-state index contributed by atoms with van der Waals surface area (Å²) in [6.07, 6.45) is 5.34. The van der Waals surface area contributed by atoms with Crippen LogP contribution < -0.4 is 21.5 Å². The van der Waals surface area contributed by atoms with Gasteiger partial charge in [-0.1, -0.05) is 25.9 Å². The summed E-state index contributed by atoms with van der Waals surface area (Å²) in [4.78, 5) is 34.5. The van der Waals surface area contributed by atoms with Gasteiger partial charge in [-0.15, -0.1) is 0 Å². The van der Waals surface area contributed by atoms with Gasteiger partial charge < -0.3 is 15.2 Å². The van der Waals surface area contributed by atoms with E-state index in [2.05, 4.69) is 36.2 Å². The lowest BCUT2D eigenvalue weighted by Gasteiger charge is -2.13. The number of hydrogen-bond acceptors (Lipinski definition) is 8. The minimum Gasteiger partial charge on any atom is -0.362 e. The Morgan fingerprint density at radius 1 is 1.23 bits per heavy atom. The van der Waals surface area contributed by atoms with Gasteiger partial charge in [0.15, 0.2) is 0 Å². The number of rotatable bonds is 5. The van der Waals surface area contributed by atoms with Crippen LogP contribution in [0.15, 0.2) is 40.1 Å². The Morgan fingerprint density at radius 2 is 2.03 bits per heavy atom. The lowest BCUT2D eigenvalue weighted by Crippen LogP contribution is -2.32. The van der Waals surface area contributed by atoms with Gasteiger partial charge in [0.1, 0.15) is 23.4 Å². The summed E-state index contributed by atoms with van der Waals surface area (Å²) in [5, 5.41) is 17.8. The number of nitrogens with zero attached hydrogens (tertiary/aromatic N) is 6. The van der Waals surface area contributed by atoms with Crippen molar-refractivity contribution in [1.82, 2.24) is 34.8 Å². The Balaban J connectivity index is 1.33. The van der Waals surface area contributed by atoms with E-state index in [1.807, 2.05) is 32.9 Å². The third kappa shape index (κ3) is 4.22. The quantitative estimate of drug-likeness (QED) is 0.398. The van der Waals surface area contributed by atoms with E-state index in [4.69, 9.17) is 4.52 Å². The number of urea groups is 1. The predicted octanol–water partition coefficient (Wildman–Crippen LogP) is 2.52. The molecule has 2 amide bonds. The Labute approximate surface area is 200 Å². The Hall–Kier alpha value is -4.22. The van der Waals surface area contributed by atoms with Crippen molar-refractivity contribution >= 4 is 28.8 Å². The molecular formula is C23H27N9O3. The van der Waals surface area contributed by atoms with Crippen LogP contribution in [-0.4, -0.2) is 48.6 Å². The SMILES string of the molecule is CNc1ncc2cc(C3CC3NC(=O)Nc3cc(C(C)(C)C)nn3-c3cnoc3)c(=O)n(C)c2n1. The first-order valence-corrected chi connectivity index (χ1v) is 11.3. The van der Waals surface area contributed by atoms with Crippen LogP contribution in [0.2, 0.25) is 0 Å². The number of nitrogens with one attached hydrogen (secondary N) is 3. The van der Waals surface area contributed by atoms with Gasteiger partial charge in [-0.2, -0.15) is 10.1 Å². The van der Waals surface area contributed by atoms with Gasteiger partial charge in [0.25, 0.3) is 5.56 Å². The van der Waals surface area contributed by atoms with E-state index < -0.39 is 0 Å². The van der Waals surface area contributed by atoms with Crippen molar-refractivity contribution in [1.29, 1.82) is 0 Å². The topological polar surface area (TPSA) is 145 Å². The molecule has 0 spiro atoms. The van der Waals surface area contributed by atoms with Crippen molar-refractivity contribution in [3.8, 4) is 5.69 Å². The number of fused-ring (bicyclic) bond motifs is 1. The maximum absolute atomic E-state index is 13.0. The van der Waals surface area contributed by atoms with Gasteiger partial charge >= 0.3 is 6.03 Å². The lowest BCUT2D eigenvalue weighted by atomic mass is 9.92. The van der Waals surface area contributed by atoms with Gasteiger partial charge in [-0.05, 0) is 12.5 Å². The van der Waals surface area contributed by atoms with E-state index in [-0.39, 0.29) is 29.0 Å². The van der Waals surface area contributed by atoms with Gasteiger partial charge in [0.2, 0.25) is 5.95 Å². The highest BCUT2D eigenvalue weighted by molar-refractivity contribution is 5.89. The van der Waals surface area contributed by atoms with Crippen molar-refractivity contribution in [3.63, 3.8) is 0 Å². The molecular weight excluding hydrogens is 450 g/mol. The highest BCUT2D eigenvalue weighted by Crippen LogP contribution is 2.40. The van der Waals surface area contributed by atoms with E-state index in [9.17, 15) is 9.59 Å². The zero-order chi connectivity index (χ0) is 24.9. The first kappa shape index (κ1) is 22.6. The molecule has 4 heterocycles. The molecule has 12 heteroatoms. The van der Waals surface area contributed by atoms with Crippen molar-refractivity contribution in [3.05, 3.63) is 52.4 Å². The Morgan fingerprint density at radius 3 is 2.71 bits per heavy atom. The van der Waals surface area contributed by atoms with Crippen molar-refractivity contribution in [2.75, 3.05) is 17.7 Å². The zero-order valence-electron chi connectivity index (χ0n) is 20.2. The molecule has 4 aromatic heterocycles. The molecule has 1 saturated carbocycles. The molecule has 1 fully saturated rings. The molecule has 5 rings (SSSR count). The summed E-state index contributed by atoms with van der Waals surface area (Å²) in [5.41, 5.74) is 2.25. The number of anilines is 2. The van der Waals surface area contributed by atoms with Gasteiger partial charge in [-0.25, -0.2) is 14.5 Å². The van der Waals surface area contributed by atoms with Crippen LogP contribution in [-0.2, 0) is 12.5 Å². The molecule has 35 heavy (non-hydrogen) atoms. The maximum Gasteiger partial charge on any atom is 0.320 e. The van der Waals surface area contributed by atoms with Crippen LogP contribution in [0.4, 0.5) is 16.6 Å². The highest BCUT2D eigenvalue weighted by atomic mass is 16.5. The number of pyridine rings is 1. The normalized spacial score (nSPS) is 17.4. The van der Waals surface area contributed by atoms with Gasteiger partial charge in [0.05, 0.1) is 11.9 Å². The molecule has 12 nitrogen and oxygen atoms in total. The number of aromatic nitrogens is 6. The van der Waals surface area contributed by atoms with E-state index in [0.717, 1.165) is 11.1 Å². The number of hydrogen-bond donors (Lipinski definition) is 3. The first-order valence-electron chi connectivity index (χ1n) is 11.3. The molecule has 3 N–H and O–H groups in total. The second-order valence-electron chi connectivity index (χ2n) is 9.69. The molecule has 4 aromatic rings. The average molecular weight is 478 g/mol. The molecule has 0 aliphatic heterocycles. The standard InChI is InChI=1S/C23H27N9O3/c1-23(2,3)17-8-18(32(30-17)13-10-26-35-11-13)28-22(34)27-16-7-14(16)15-6-12-9-25-21(24-4)29-19(12)31(5)20(15)33/h6,8-11,14,16H,7H2,1-5H3,(H,24,25,29)(H2,27,28,34). The molecule has 0 bridgehead atoms. The fourth-order valence-corrected chi connectivity index (χ4v) is 4.01. The molecule has 0 aromatic carbocycles. The minimum absolute atomic E-state index is 0.0825. The summed E-state index contributed by atoms with van der Waals surface area (Å²) in [5.74, 6) is 0.857. The fraction of sp³-hybridized carbons (Fsp3) is 0.391. The average Bonchev–Trinajstić information content (AvgIpc) is 3.19. The maximum atomic E-state index is 13.0. The first-order chi connectivity index (χ1) is 16.7. The van der Waals surface area contributed by atoms with Crippen LogP contribution in [0.3, 0.4) is 0 Å². The van der Waals surface area contributed by atoms with Crippen LogP contribution in [0, 0.1) is 0 Å². The summed E-state index contributed by atoms with van der Waals surface area (Å²) in [6, 6.07) is 3.11. The third-order valence-corrected chi connectivity index (χ3v) is 6.09. The summed E-state index contributed by atoms with van der Waals surface area (Å²) in [7, 11) is 3.42. The predicted molar refractivity (Wildman–Crippen MR) is 130 cm³/mol. The summed E-state index contributed by atoms with van der Waals surface area (Å²) < 4.78 is 8.05. The lowest BCUT2D eigenvalue weighted by molar-refractivity contribution is 0.251. The monoisotopic (exact) mass is 477 g/mol. The van der Waals surface area contributed by atoms with Crippen molar-refractivity contribution < 1.29 is 9.32 Å². The van der Waals surface area contributed by atoms with Gasteiger partial charge in [0, 0.05) is 54.7 Å². The minimum atomic E-state index is -0.379. The number of amides is 2. The summed E-state index contributed by atoms with van der Waals surface area (Å²) in [6.45, 7) is 6.13. The molecule has 1 aliphatic rings. The molecule has 182 valence electrons. The molecule has 2 atom stereocenters. The van der Waals surface area contributed by atoms with Crippen LogP contribution in [0.1, 0.15) is 44.4 Å². The Bertz CT molecular complexity index is 1460. The third-order valence-electron chi connectivity index (χ3n) is 6.09. The van der Waals surface area contributed by atoms with Crippen molar-refractivity contribution in [2.24, 2.45) is 7.05 Å². The number of aryl methyl sites for hydroxylation is 1. The smallest absolute Gasteiger partial charge is 0.320 e. The second kappa shape index (κ2) is 8.22. The van der Waals surface area contributed by atoms with E-state index in [0.29, 0.717) is 35.1 Å². The van der Waals surface area contributed by atoms with E-state index in [1.54, 1.807) is 25.0 Å². The number of carbonyl (C=O) groups is 1. The summed E-state index contributed by atoms with van der Waals surface area (Å²) >= 11 is 0. The number of carbonyl (C=O) groups excluding carboxylic acids is 1. The molecule has 0 saturated heterocycles. The molecule has 0 radical (unpaired) electrons. The fourth-order valence-electron chi connectivity index (χ4n) is 4.01. The van der Waals surface area contributed by atoms with Crippen LogP contribution in [0.25, 0.3) is 16.7 Å². The Kier molecular flexibility index (Phi) is 5.30. The van der Waals surface area contributed by atoms with E-state index >= 15 is 0 Å². The molecule has 1 aliphatic carbocycles. The van der Waals surface area contributed by atoms with Gasteiger partial charge in [-0.3, -0.25) is 14.7 Å². The van der Waals surface area contributed by atoms with E-state index in [1.165, 1.54) is 17.0 Å². The second-order valence-corrected chi connectivity index (χ2v) is 9.69. The van der Waals surface area contributed by atoms with Crippen LogP contribution in [0.5, 0.6) is 0 Å². The highest BCUT2D eigenvalue weighted by Gasteiger charge is 2.42. The largest absolute Gasteiger partial charge is 0.362 e. The zero-order valence-corrected chi connectivity index (χ0v) is 20.2. The van der Waals surface area contributed by atoms with Crippen molar-refractivity contribution in [2.45, 2.75) is 44.6 Å². The molecule has 2 unspecified atom stereocenters. The van der Waals surface area contributed by atoms with Crippen LogP contribution >= 0.6 is 0 Å².